The van der Waals surface area contributed by atoms with Crippen LogP contribution in [0.2, 0.25) is 5.02 Å². The average Bonchev–Trinajstić information content (AvgIpc) is 2.29. The number of aliphatic hydroxyl groups is 1. The van der Waals surface area contributed by atoms with Crippen molar-refractivity contribution < 1.29 is 14.2 Å². The van der Waals surface area contributed by atoms with Crippen LogP contribution in [0.5, 0.6) is 0 Å². The van der Waals surface area contributed by atoms with Gasteiger partial charge in [0.1, 0.15) is 5.82 Å². The molecule has 96 valence electrons. The summed E-state index contributed by atoms with van der Waals surface area (Å²) in [6.45, 7) is 1.94. The molecule has 4 heteroatoms. The predicted octanol–water partition coefficient (Wildman–Crippen LogP) is 3.20. The van der Waals surface area contributed by atoms with Crippen molar-refractivity contribution in [1.82, 2.24) is 0 Å². The monoisotopic (exact) mass is 260 g/mol. The van der Waals surface area contributed by atoms with Crippen LogP contribution in [0.1, 0.15) is 25.3 Å². The van der Waals surface area contributed by atoms with E-state index in [2.05, 4.69) is 0 Å². The Labute approximate surface area is 106 Å². The summed E-state index contributed by atoms with van der Waals surface area (Å²) in [5.74, 6) is -0.365. The van der Waals surface area contributed by atoms with Gasteiger partial charge in [0.15, 0.2) is 0 Å². The van der Waals surface area contributed by atoms with Crippen LogP contribution in [-0.4, -0.2) is 24.4 Å². The highest BCUT2D eigenvalue weighted by atomic mass is 35.5. The zero-order valence-corrected chi connectivity index (χ0v) is 10.9. The molecule has 0 bridgehead atoms. The molecule has 0 heterocycles. The van der Waals surface area contributed by atoms with Gasteiger partial charge >= 0.3 is 0 Å². The molecule has 17 heavy (non-hydrogen) atoms. The van der Waals surface area contributed by atoms with Crippen LogP contribution in [0.3, 0.4) is 0 Å². The molecule has 1 rings (SSSR count). The maximum Gasteiger partial charge on any atom is 0.127 e. The van der Waals surface area contributed by atoms with Crippen molar-refractivity contribution in [2.24, 2.45) is 0 Å². The number of ether oxygens (including phenoxy) is 1. The Balaban J connectivity index is 2.47. The molecule has 0 aliphatic carbocycles. The molecule has 2 atom stereocenters. The molecule has 0 spiro atoms. The molecule has 1 aromatic carbocycles. The summed E-state index contributed by atoms with van der Waals surface area (Å²) >= 11 is 5.66. The zero-order chi connectivity index (χ0) is 12.8. The van der Waals surface area contributed by atoms with Gasteiger partial charge in [0, 0.05) is 18.6 Å². The molecule has 0 aliphatic heterocycles. The van der Waals surface area contributed by atoms with Gasteiger partial charge in [0.2, 0.25) is 0 Å². The van der Waals surface area contributed by atoms with Gasteiger partial charge in [-0.1, -0.05) is 17.7 Å². The summed E-state index contributed by atoms with van der Waals surface area (Å²) in [6, 6.07) is 4.51. The predicted molar refractivity (Wildman–Crippen MR) is 66.8 cm³/mol. The Morgan fingerprint density at radius 1 is 1.41 bits per heavy atom. The minimum absolute atomic E-state index is 0.111. The van der Waals surface area contributed by atoms with Gasteiger partial charge < -0.3 is 9.84 Å². The largest absolute Gasteiger partial charge is 0.393 e. The summed E-state index contributed by atoms with van der Waals surface area (Å²) in [5, 5.41) is 10.2. The van der Waals surface area contributed by atoms with E-state index in [9.17, 15) is 9.50 Å². The highest BCUT2D eigenvalue weighted by Gasteiger charge is 2.11. The van der Waals surface area contributed by atoms with Crippen LogP contribution < -0.4 is 0 Å². The van der Waals surface area contributed by atoms with E-state index >= 15 is 0 Å². The summed E-state index contributed by atoms with van der Waals surface area (Å²) in [5.41, 5.74) is 0.493. The third-order valence-corrected chi connectivity index (χ3v) is 3.01. The molecule has 2 nitrogen and oxygen atoms in total. The third kappa shape index (κ3) is 5.02. The fourth-order valence-corrected chi connectivity index (χ4v) is 1.75. The lowest BCUT2D eigenvalue weighted by atomic mass is 10.0. The molecule has 0 radical (unpaired) electrons. The Kier molecular flexibility index (Phi) is 5.89. The Hall–Kier alpha value is -0.640. The standard InChI is InChI=1S/C13H18ClFO2/c1-9(17-2)3-6-12(16)7-10-4-5-11(14)8-13(10)15/h4-5,8-9,12,16H,3,6-7H2,1-2H3. The van der Waals surface area contributed by atoms with Crippen molar-refractivity contribution in [1.29, 1.82) is 0 Å². The minimum atomic E-state index is -0.553. The topological polar surface area (TPSA) is 29.5 Å². The van der Waals surface area contributed by atoms with Gasteiger partial charge in [-0.25, -0.2) is 4.39 Å². The van der Waals surface area contributed by atoms with Crippen LogP contribution in [0, 0.1) is 5.82 Å². The summed E-state index contributed by atoms with van der Waals surface area (Å²) < 4.78 is 18.5. The second-order valence-corrected chi connectivity index (χ2v) is 4.65. The number of halogens is 2. The van der Waals surface area contributed by atoms with Gasteiger partial charge in [0.25, 0.3) is 0 Å². The highest BCUT2D eigenvalue weighted by molar-refractivity contribution is 6.30. The lowest BCUT2D eigenvalue weighted by Gasteiger charge is -2.14. The van der Waals surface area contributed by atoms with E-state index in [1.807, 2.05) is 6.92 Å². The van der Waals surface area contributed by atoms with Crippen LogP contribution in [0.4, 0.5) is 4.39 Å². The molecule has 0 saturated carbocycles. The average molecular weight is 261 g/mol. The van der Waals surface area contributed by atoms with Gasteiger partial charge in [-0.15, -0.1) is 0 Å². The van der Waals surface area contributed by atoms with Gasteiger partial charge in [-0.3, -0.25) is 0 Å². The number of hydrogen-bond donors (Lipinski definition) is 1. The first-order valence-electron chi connectivity index (χ1n) is 5.67. The van der Waals surface area contributed by atoms with E-state index in [0.29, 0.717) is 23.4 Å². The first-order valence-corrected chi connectivity index (χ1v) is 6.05. The summed E-state index contributed by atoms with van der Waals surface area (Å²) in [4.78, 5) is 0. The lowest BCUT2D eigenvalue weighted by Crippen LogP contribution is -2.15. The van der Waals surface area contributed by atoms with Crippen molar-refractivity contribution in [3.63, 3.8) is 0 Å². The molecule has 1 aromatic rings. The zero-order valence-electron chi connectivity index (χ0n) is 10.1. The fourth-order valence-electron chi connectivity index (χ4n) is 1.59. The number of benzene rings is 1. The van der Waals surface area contributed by atoms with Crippen LogP contribution in [0.25, 0.3) is 0 Å². The normalized spacial score (nSPS) is 14.6. The Morgan fingerprint density at radius 3 is 2.71 bits per heavy atom. The molecule has 0 fully saturated rings. The van der Waals surface area contributed by atoms with E-state index < -0.39 is 6.10 Å². The molecule has 2 unspecified atom stereocenters. The first-order chi connectivity index (χ1) is 8.02. The third-order valence-electron chi connectivity index (χ3n) is 2.78. The van der Waals surface area contributed by atoms with Gasteiger partial charge in [0.05, 0.1) is 12.2 Å². The minimum Gasteiger partial charge on any atom is -0.393 e. The van der Waals surface area contributed by atoms with E-state index in [1.54, 1.807) is 19.2 Å². The van der Waals surface area contributed by atoms with E-state index in [4.69, 9.17) is 16.3 Å². The SMILES string of the molecule is COC(C)CCC(O)Cc1ccc(Cl)cc1F. The van der Waals surface area contributed by atoms with Gasteiger partial charge in [-0.2, -0.15) is 0 Å². The fraction of sp³-hybridized carbons (Fsp3) is 0.538. The molecular formula is C13H18ClFO2. The molecule has 0 saturated heterocycles. The molecule has 0 amide bonds. The second-order valence-electron chi connectivity index (χ2n) is 4.22. The molecule has 0 aromatic heterocycles. The number of rotatable bonds is 6. The lowest BCUT2D eigenvalue weighted by molar-refractivity contribution is 0.0849. The molecule has 1 N–H and O–H groups in total. The van der Waals surface area contributed by atoms with E-state index in [0.717, 1.165) is 6.42 Å². The van der Waals surface area contributed by atoms with Crippen molar-refractivity contribution in [2.75, 3.05) is 7.11 Å². The van der Waals surface area contributed by atoms with E-state index in [1.165, 1.54) is 6.07 Å². The van der Waals surface area contributed by atoms with Crippen molar-refractivity contribution in [3.05, 3.63) is 34.6 Å². The van der Waals surface area contributed by atoms with Crippen LogP contribution in [0.15, 0.2) is 18.2 Å². The first kappa shape index (κ1) is 14.4. The quantitative estimate of drug-likeness (QED) is 0.851. The van der Waals surface area contributed by atoms with E-state index in [-0.39, 0.29) is 11.9 Å². The van der Waals surface area contributed by atoms with Crippen LogP contribution in [-0.2, 0) is 11.2 Å². The Bertz CT molecular complexity index is 357. The van der Waals surface area contributed by atoms with Crippen LogP contribution >= 0.6 is 11.6 Å². The maximum absolute atomic E-state index is 13.5. The summed E-state index contributed by atoms with van der Waals surface area (Å²) in [6.07, 6.45) is 1.21. The number of methoxy groups -OCH3 is 1. The Morgan fingerprint density at radius 2 is 2.12 bits per heavy atom. The number of aliphatic hydroxyl groups excluding tert-OH is 1. The molecular weight excluding hydrogens is 243 g/mol. The molecule has 0 aliphatic rings. The van der Waals surface area contributed by atoms with Crippen molar-refractivity contribution in [3.8, 4) is 0 Å². The van der Waals surface area contributed by atoms with Crippen molar-refractivity contribution >= 4 is 11.6 Å². The maximum atomic E-state index is 13.5. The van der Waals surface area contributed by atoms with Crippen molar-refractivity contribution in [2.45, 2.75) is 38.4 Å². The highest BCUT2D eigenvalue weighted by Crippen LogP contribution is 2.17. The summed E-state index contributed by atoms with van der Waals surface area (Å²) in [7, 11) is 1.63. The number of hydrogen-bond acceptors (Lipinski definition) is 2. The second kappa shape index (κ2) is 6.94. The van der Waals surface area contributed by atoms with Gasteiger partial charge in [-0.05, 0) is 37.5 Å². The smallest absolute Gasteiger partial charge is 0.127 e.